The Morgan fingerprint density at radius 2 is 2.00 bits per heavy atom. The van der Waals surface area contributed by atoms with E-state index in [9.17, 15) is 0 Å². The average Bonchev–Trinajstić information content (AvgIpc) is 2.78. The van der Waals surface area contributed by atoms with Gasteiger partial charge in [0, 0.05) is 31.5 Å². The lowest BCUT2D eigenvalue weighted by atomic mass is 10.1. The van der Waals surface area contributed by atoms with Crippen LogP contribution in [0.25, 0.3) is 11.0 Å². The van der Waals surface area contributed by atoms with Crippen molar-refractivity contribution in [1.29, 1.82) is 0 Å². The van der Waals surface area contributed by atoms with Crippen LogP contribution in [0, 0.1) is 5.92 Å². The van der Waals surface area contributed by atoms with Crippen LogP contribution in [-0.4, -0.2) is 27.8 Å². The van der Waals surface area contributed by atoms with E-state index in [0.29, 0.717) is 30.5 Å². The first-order chi connectivity index (χ1) is 10.5. The summed E-state index contributed by atoms with van der Waals surface area (Å²) in [5.74, 6) is 3.14. The maximum absolute atomic E-state index is 5.69. The quantitative estimate of drug-likeness (QED) is 0.859. The Kier molecular flexibility index (Phi) is 4.20. The predicted octanol–water partition coefficient (Wildman–Crippen LogP) is 2.68. The van der Waals surface area contributed by atoms with E-state index >= 15 is 0 Å². The first kappa shape index (κ1) is 15.1. The van der Waals surface area contributed by atoms with E-state index < -0.39 is 0 Å². The zero-order chi connectivity index (χ0) is 15.7. The van der Waals surface area contributed by atoms with Crippen LogP contribution in [0.15, 0.2) is 12.1 Å². The molecule has 1 aromatic carbocycles. The van der Waals surface area contributed by atoms with Crippen molar-refractivity contribution in [1.82, 2.24) is 9.55 Å². The monoisotopic (exact) mass is 319 g/mol. The Labute approximate surface area is 135 Å². The fourth-order valence-electron chi connectivity index (χ4n) is 2.70. The van der Waals surface area contributed by atoms with Crippen molar-refractivity contribution in [2.45, 2.75) is 33.2 Å². The van der Waals surface area contributed by atoms with Gasteiger partial charge in [0.15, 0.2) is 11.5 Å². The second-order valence-electron chi connectivity index (χ2n) is 5.98. The molecule has 0 atom stereocenters. The molecule has 0 radical (unpaired) electrons. The minimum absolute atomic E-state index is 0.523. The van der Waals surface area contributed by atoms with Gasteiger partial charge < -0.3 is 19.8 Å². The Morgan fingerprint density at radius 3 is 2.64 bits per heavy atom. The molecule has 5 nitrogen and oxygen atoms in total. The molecule has 1 aliphatic rings. The van der Waals surface area contributed by atoms with Crippen molar-refractivity contribution >= 4 is 28.2 Å². The molecule has 0 saturated carbocycles. The lowest BCUT2D eigenvalue weighted by molar-refractivity contribution is 0.172. The van der Waals surface area contributed by atoms with Crippen molar-refractivity contribution in [2.75, 3.05) is 13.2 Å². The molecule has 118 valence electrons. The Bertz CT molecular complexity index is 709. The van der Waals surface area contributed by atoms with Crippen LogP contribution in [0.4, 0.5) is 0 Å². The fraction of sp³-hybridized carbons (Fsp3) is 0.500. The summed E-state index contributed by atoms with van der Waals surface area (Å²) in [6.45, 7) is 6.29. The maximum atomic E-state index is 5.69. The van der Waals surface area contributed by atoms with Gasteiger partial charge in [-0.3, -0.25) is 0 Å². The first-order valence-electron chi connectivity index (χ1n) is 7.61. The molecule has 2 heterocycles. The number of fused-ring (bicyclic) bond motifs is 2. The summed E-state index contributed by atoms with van der Waals surface area (Å²) in [7, 11) is 0. The molecule has 0 aliphatic carbocycles. The molecule has 1 aliphatic heterocycles. The van der Waals surface area contributed by atoms with Crippen LogP contribution >= 0.6 is 12.2 Å². The molecule has 1 aromatic heterocycles. The van der Waals surface area contributed by atoms with Gasteiger partial charge in [-0.2, -0.15) is 0 Å². The second-order valence-corrected chi connectivity index (χ2v) is 6.50. The second kappa shape index (κ2) is 6.12. The summed E-state index contributed by atoms with van der Waals surface area (Å²) >= 11 is 5.02. The van der Waals surface area contributed by atoms with Crippen LogP contribution in [0.1, 0.15) is 26.1 Å². The molecule has 6 heteroatoms. The number of imidazole rings is 1. The summed E-state index contributed by atoms with van der Waals surface area (Å²) in [6, 6.07) is 3.98. The third-order valence-corrected chi connectivity index (χ3v) is 3.87. The zero-order valence-corrected chi connectivity index (χ0v) is 13.8. The molecule has 2 N–H and O–H groups in total. The van der Waals surface area contributed by atoms with Crippen molar-refractivity contribution < 1.29 is 9.47 Å². The van der Waals surface area contributed by atoms with Crippen molar-refractivity contribution in [3.8, 4) is 11.5 Å². The highest BCUT2D eigenvalue weighted by atomic mass is 32.1. The largest absolute Gasteiger partial charge is 0.486 e. The number of nitrogens with zero attached hydrogens (tertiary/aromatic N) is 2. The number of hydrogen-bond donors (Lipinski definition) is 1. The van der Waals surface area contributed by atoms with E-state index in [1.54, 1.807) is 0 Å². The van der Waals surface area contributed by atoms with Crippen LogP contribution < -0.4 is 15.2 Å². The van der Waals surface area contributed by atoms with Crippen LogP contribution in [0.2, 0.25) is 0 Å². The highest BCUT2D eigenvalue weighted by molar-refractivity contribution is 7.80. The third kappa shape index (κ3) is 3.02. The number of hydrogen-bond acceptors (Lipinski definition) is 4. The number of thiocarbonyl (C=S) groups is 1. The zero-order valence-electron chi connectivity index (χ0n) is 13.0. The number of aromatic nitrogens is 2. The molecular formula is C16H21N3O2S. The SMILES string of the molecule is CC(C)Cc1nc2cc3c(cc2n1CCC(N)=S)OCCO3. The fourth-order valence-corrected chi connectivity index (χ4v) is 2.80. The van der Waals surface area contributed by atoms with E-state index in [-0.39, 0.29) is 0 Å². The standard InChI is InChI=1S/C16H21N3O2S/c1-10(2)7-16-18-11-8-13-14(21-6-5-20-13)9-12(11)19(16)4-3-15(17)22/h8-10H,3-7H2,1-2H3,(H2,17,22). The van der Waals surface area contributed by atoms with Crippen LogP contribution in [0.5, 0.6) is 11.5 Å². The topological polar surface area (TPSA) is 62.3 Å². The molecular weight excluding hydrogens is 298 g/mol. The van der Waals surface area contributed by atoms with Crippen LogP contribution in [-0.2, 0) is 13.0 Å². The lowest BCUT2D eigenvalue weighted by Crippen LogP contribution is -2.16. The van der Waals surface area contributed by atoms with Crippen molar-refractivity contribution in [3.05, 3.63) is 18.0 Å². The smallest absolute Gasteiger partial charge is 0.163 e. The molecule has 0 unspecified atom stereocenters. The minimum atomic E-state index is 0.523. The average molecular weight is 319 g/mol. The van der Waals surface area contributed by atoms with Gasteiger partial charge >= 0.3 is 0 Å². The van der Waals surface area contributed by atoms with E-state index in [1.807, 2.05) is 12.1 Å². The maximum Gasteiger partial charge on any atom is 0.163 e. The number of benzene rings is 1. The number of aryl methyl sites for hydroxylation is 1. The summed E-state index contributed by atoms with van der Waals surface area (Å²) in [4.78, 5) is 5.31. The molecule has 2 aromatic rings. The molecule has 3 rings (SSSR count). The molecule has 0 bridgehead atoms. The van der Waals surface area contributed by atoms with Crippen LogP contribution in [0.3, 0.4) is 0 Å². The number of rotatable bonds is 5. The van der Waals surface area contributed by atoms with Gasteiger partial charge in [-0.05, 0) is 5.92 Å². The Balaban J connectivity index is 2.07. The molecule has 0 amide bonds. The first-order valence-corrected chi connectivity index (χ1v) is 8.02. The Hall–Kier alpha value is -1.82. The van der Waals surface area contributed by atoms with Gasteiger partial charge in [-0.15, -0.1) is 0 Å². The summed E-state index contributed by atoms with van der Waals surface area (Å²) in [5.41, 5.74) is 7.65. The van der Waals surface area contributed by atoms with E-state index in [1.165, 1.54) is 0 Å². The molecule has 22 heavy (non-hydrogen) atoms. The predicted molar refractivity (Wildman–Crippen MR) is 90.7 cm³/mol. The van der Waals surface area contributed by atoms with Gasteiger partial charge in [-0.1, -0.05) is 26.1 Å². The summed E-state index contributed by atoms with van der Waals surface area (Å²) in [5, 5.41) is 0. The van der Waals surface area contributed by atoms with E-state index in [4.69, 9.17) is 32.4 Å². The highest BCUT2D eigenvalue weighted by Gasteiger charge is 2.18. The van der Waals surface area contributed by atoms with E-state index in [0.717, 1.165) is 41.3 Å². The van der Waals surface area contributed by atoms with Gasteiger partial charge in [-0.25, -0.2) is 4.98 Å². The minimum Gasteiger partial charge on any atom is -0.486 e. The molecule has 0 saturated heterocycles. The van der Waals surface area contributed by atoms with E-state index in [2.05, 4.69) is 18.4 Å². The summed E-state index contributed by atoms with van der Waals surface area (Å²) < 4.78 is 13.5. The molecule has 0 spiro atoms. The lowest BCUT2D eigenvalue weighted by Gasteiger charge is -2.18. The summed E-state index contributed by atoms with van der Waals surface area (Å²) in [6.07, 6.45) is 1.58. The van der Waals surface area contributed by atoms with Crippen molar-refractivity contribution in [3.63, 3.8) is 0 Å². The highest BCUT2D eigenvalue weighted by Crippen LogP contribution is 2.35. The van der Waals surface area contributed by atoms with Gasteiger partial charge in [0.1, 0.15) is 19.0 Å². The normalized spacial score (nSPS) is 13.8. The van der Waals surface area contributed by atoms with Crippen molar-refractivity contribution in [2.24, 2.45) is 11.7 Å². The number of ether oxygens (including phenoxy) is 2. The van der Waals surface area contributed by atoms with Gasteiger partial charge in [0.05, 0.1) is 16.0 Å². The van der Waals surface area contributed by atoms with Gasteiger partial charge in [0.2, 0.25) is 0 Å². The Morgan fingerprint density at radius 1 is 1.32 bits per heavy atom. The number of nitrogens with two attached hydrogens (primary N) is 1. The van der Waals surface area contributed by atoms with Gasteiger partial charge in [0.25, 0.3) is 0 Å². The molecule has 0 fully saturated rings. The third-order valence-electron chi connectivity index (χ3n) is 3.66.